The minimum absolute atomic E-state index is 0.188. The number of sulfonamides is 1. The van der Waals surface area contributed by atoms with Gasteiger partial charge in [-0.3, -0.25) is 4.98 Å². The van der Waals surface area contributed by atoms with Crippen LogP contribution in [0.5, 0.6) is 0 Å². The molecule has 0 saturated carbocycles. The third-order valence-corrected chi connectivity index (χ3v) is 6.35. The lowest BCUT2D eigenvalue weighted by Gasteiger charge is -2.09. The summed E-state index contributed by atoms with van der Waals surface area (Å²) in [7, 11) is -3.68. The van der Waals surface area contributed by atoms with Crippen LogP contribution in [0.2, 0.25) is 0 Å². The van der Waals surface area contributed by atoms with Gasteiger partial charge >= 0.3 is 0 Å². The number of para-hydroxylation sites is 1. The highest BCUT2D eigenvalue weighted by molar-refractivity contribution is 7.89. The maximum absolute atomic E-state index is 12.9. The first-order chi connectivity index (χ1) is 14.0. The standard InChI is InChI=1S/C21H21N5O2S/c1-15-18(16(2)26(25-15)20-10-3-4-12-22-20)11-14-24-29(27,28)19-9-5-7-17-8-6-13-23-21(17)19/h3-10,12-13,24H,11,14H2,1-2H3. The largest absolute Gasteiger partial charge is 0.255 e. The average Bonchev–Trinajstić information content (AvgIpc) is 3.02. The zero-order valence-corrected chi connectivity index (χ0v) is 17.0. The molecule has 4 aromatic rings. The number of aryl methyl sites for hydroxylation is 1. The van der Waals surface area contributed by atoms with Crippen molar-refractivity contribution < 1.29 is 8.42 Å². The van der Waals surface area contributed by atoms with Crippen molar-refractivity contribution in [3.63, 3.8) is 0 Å². The Bertz CT molecular complexity index is 1260. The number of fused-ring (bicyclic) bond motifs is 1. The molecular weight excluding hydrogens is 386 g/mol. The van der Waals surface area contributed by atoms with Crippen LogP contribution in [-0.4, -0.2) is 34.7 Å². The Morgan fingerprint density at radius 2 is 1.76 bits per heavy atom. The maximum atomic E-state index is 12.9. The van der Waals surface area contributed by atoms with E-state index in [-0.39, 0.29) is 11.4 Å². The fraction of sp³-hybridized carbons (Fsp3) is 0.190. The molecule has 7 nitrogen and oxygen atoms in total. The molecule has 0 spiro atoms. The predicted molar refractivity (Wildman–Crippen MR) is 111 cm³/mol. The highest BCUT2D eigenvalue weighted by Gasteiger charge is 2.19. The van der Waals surface area contributed by atoms with E-state index in [4.69, 9.17) is 0 Å². The van der Waals surface area contributed by atoms with Gasteiger partial charge in [-0.05, 0) is 50.1 Å². The third-order valence-electron chi connectivity index (χ3n) is 4.86. The predicted octanol–water partition coefficient (Wildman–Crippen LogP) is 2.95. The maximum Gasteiger partial charge on any atom is 0.242 e. The Hall–Kier alpha value is -3.10. The van der Waals surface area contributed by atoms with Gasteiger partial charge in [-0.1, -0.05) is 24.3 Å². The second kappa shape index (κ2) is 7.73. The van der Waals surface area contributed by atoms with E-state index in [1.165, 1.54) is 0 Å². The molecule has 8 heteroatoms. The summed E-state index contributed by atoms with van der Waals surface area (Å²) in [6.07, 6.45) is 3.85. The molecular formula is C21H21N5O2S. The summed E-state index contributed by atoms with van der Waals surface area (Å²) in [5, 5.41) is 5.35. The van der Waals surface area contributed by atoms with Gasteiger partial charge < -0.3 is 0 Å². The summed E-state index contributed by atoms with van der Waals surface area (Å²) < 4.78 is 30.2. The Labute approximate surface area is 169 Å². The first-order valence-electron chi connectivity index (χ1n) is 9.27. The van der Waals surface area contributed by atoms with E-state index in [1.807, 2.05) is 44.2 Å². The van der Waals surface area contributed by atoms with Crippen LogP contribution in [0.25, 0.3) is 16.7 Å². The summed E-state index contributed by atoms with van der Waals surface area (Å²) in [4.78, 5) is 8.76. The molecule has 1 N–H and O–H groups in total. The number of hydrogen-bond donors (Lipinski definition) is 1. The SMILES string of the molecule is Cc1nn(-c2ccccn2)c(C)c1CCNS(=O)(=O)c1cccc2cccnc12. The van der Waals surface area contributed by atoms with E-state index in [0.29, 0.717) is 11.9 Å². The number of nitrogens with zero attached hydrogens (tertiary/aromatic N) is 4. The molecule has 0 aliphatic rings. The van der Waals surface area contributed by atoms with Crippen LogP contribution >= 0.6 is 0 Å². The van der Waals surface area contributed by atoms with Gasteiger partial charge in [0.25, 0.3) is 0 Å². The molecule has 0 aliphatic heterocycles. The van der Waals surface area contributed by atoms with E-state index in [0.717, 1.165) is 28.2 Å². The first-order valence-corrected chi connectivity index (χ1v) is 10.8. The molecule has 148 valence electrons. The van der Waals surface area contributed by atoms with Gasteiger partial charge in [-0.25, -0.2) is 22.8 Å². The third kappa shape index (κ3) is 3.76. The van der Waals surface area contributed by atoms with Crippen molar-refractivity contribution >= 4 is 20.9 Å². The van der Waals surface area contributed by atoms with Gasteiger partial charge in [0.1, 0.15) is 4.90 Å². The molecule has 29 heavy (non-hydrogen) atoms. The molecule has 4 rings (SSSR count). The van der Waals surface area contributed by atoms with Gasteiger partial charge in [0.2, 0.25) is 10.0 Å². The number of hydrogen-bond acceptors (Lipinski definition) is 5. The van der Waals surface area contributed by atoms with Crippen molar-refractivity contribution in [1.29, 1.82) is 0 Å². The van der Waals surface area contributed by atoms with Crippen LogP contribution < -0.4 is 4.72 Å². The van der Waals surface area contributed by atoms with Crippen molar-refractivity contribution in [2.24, 2.45) is 0 Å². The fourth-order valence-electron chi connectivity index (χ4n) is 3.42. The molecule has 3 aromatic heterocycles. The zero-order valence-electron chi connectivity index (χ0n) is 16.2. The Balaban J connectivity index is 1.54. The Morgan fingerprint density at radius 3 is 2.55 bits per heavy atom. The molecule has 0 bridgehead atoms. The van der Waals surface area contributed by atoms with Crippen LogP contribution in [0, 0.1) is 13.8 Å². The van der Waals surface area contributed by atoms with E-state index in [9.17, 15) is 8.42 Å². The van der Waals surface area contributed by atoms with Crippen molar-refractivity contribution in [3.8, 4) is 5.82 Å². The van der Waals surface area contributed by atoms with Crippen LogP contribution in [0.3, 0.4) is 0 Å². The highest BCUT2D eigenvalue weighted by Crippen LogP contribution is 2.21. The van der Waals surface area contributed by atoms with Gasteiger partial charge in [-0.2, -0.15) is 5.10 Å². The van der Waals surface area contributed by atoms with Gasteiger partial charge in [0.05, 0.1) is 11.2 Å². The zero-order chi connectivity index (χ0) is 20.4. The van der Waals surface area contributed by atoms with Crippen molar-refractivity contribution in [2.45, 2.75) is 25.2 Å². The molecule has 0 aliphatic carbocycles. The number of benzene rings is 1. The molecule has 0 saturated heterocycles. The van der Waals surface area contributed by atoms with E-state index in [2.05, 4.69) is 19.8 Å². The average molecular weight is 407 g/mol. The monoisotopic (exact) mass is 407 g/mol. The first kappa shape index (κ1) is 19.2. The Kier molecular flexibility index (Phi) is 5.12. The van der Waals surface area contributed by atoms with E-state index < -0.39 is 10.0 Å². The molecule has 0 atom stereocenters. The number of nitrogens with one attached hydrogen (secondary N) is 1. The topological polar surface area (TPSA) is 89.8 Å². The Morgan fingerprint density at radius 1 is 0.966 bits per heavy atom. The summed E-state index contributed by atoms with van der Waals surface area (Å²) in [6.45, 7) is 4.15. The van der Waals surface area contributed by atoms with Crippen LogP contribution in [0.15, 0.2) is 65.8 Å². The molecule has 0 amide bonds. The summed E-state index contributed by atoms with van der Waals surface area (Å²) in [6, 6.07) is 14.4. The van der Waals surface area contributed by atoms with Crippen LogP contribution in [0.1, 0.15) is 17.0 Å². The van der Waals surface area contributed by atoms with Crippen LogP contribution in [0.4, 0.5) is 0 Å². The number of aromatic nitrogens is 4. The van der Waals surface area contributed by atoms with Gasteiger partial charge in [0.15, 0.2) is 5.82 Å². The molecule has 0 unspecified atom stereocenters. The minimum Gasteiger partial charge on any atom is -0.255 e. The molecule has 1 aromatic carbocycles. The second-order valence-corrected chi connectivity index (χ2v) is 8.46. The van der Waals surface area contributed by atoms with Gasteiger partial charge in [-0.15, -0.1) is 0 Å². The van der Waals surface area contributed by atoms with Crippen LogP contribution in [-0.2, 0) is 16.4 Å². The quantitative estimate of drug-likeness (QED) is 0.531. The molecule has 0 radical (unpaired) electrons. The van der Waals surface area contributed by atoms with Crippen molar-refractivity contribution in [1.82, 2.24) is 24.5 Å². The molecule has 0 fully saturated rings. The lowest BCUT2D eigenvalue weighted by molar-refractivity contribution is 0.582. The van der Waals surface area contributed by atoms with E-state index in [1.54, 1.807) is 35.3 Å². The summed E-state index contributed by atoms with van der Waals surface area (Å²) in [5.41, 5.74) is 3.29. The highest BCUT2D eigenvalue weighted by atomic mass is 32.2. The van der Waals surface area contributed by atoms with Crippen molar-refractivity contribution in [2.75, 3.05) is 6.54 Å². The van der Waals surface area contributed by atoms with Gasteiger partial charge in [0, 0.05) is 30.0 Å². The second-order valence-electron chi connectivity index (χ2n) is 6.73. The normalized spacial score (nSPS) is 11.8. The smallest absolute Gasteiger partial charge is 0.242 e. The van der Waals surface area contributed by atoms with E-state index >= 15 is 0 Å². The lowest BCUT2D eigenvalue weighted by atomic mass is 10.1. The summed E-state index contributed by atoms with van der Waals surface area (Å²) in [5.74, 6) is 0.738. The summed E-state index contributed by atoms with van der Waals surface area (Å²) >= 11 is 0. The lowest BCUT2D eigenvalue weighted by Crippen LogP contribution is -2.26. The number of rotatable bonds is 6. The van der Waals surface area contributed by atoms with Crippen molar-refractivity contribution in [3.05, 3.63) is 77.9 Å². The fourth-order valence-corrected chi connectivity index (χ4v) is 4.63. The number of pyridine rings is 2. The minimum atomic E-state index is -3.68. The molecule has 3 heterocycles.